The predicted octanol–water partition coefficient (Wildman–Crippen LogP) is 2.38. The molecular weight excluding hydrogens is 202 g/mol. The second-order valence-corrected chi connectivity index (χ2v) is 4.04. The number of Topliss-reactive ketones (excluding diaryl/α,β-unsaturated/α-hetero) is 1. The molecule has 0 radical (unpaired) electrons. The molecule has 0 bridgehead atoms. The largest absolute Gasteiger partial charge is 0.411 e. The van der Waals surface area contributed by atoms with E-state index >= 15 is 0 Å². The van der Waals surface area contributed by atoms with Crippen LogP contribution in [0.4, 0.5) is 0 Å². The first-order chi connectivity index (χ1) is 7.71. The SMILES string of the molecule is CCc1cc2c(cc1CC)C(=O)/C(=N/O)C2. The summed E-state index contributed by atoms with van der Waals surface area (Å²) in [5.41, 5.74) is 4.46. The van der Waals surface area contributed by atoms with Gasteiger partial charge in [0.15, 0.2) is 0 Å². The van der Waals surface area contributed by atoms with Crippen LogP contribution in [0.1, 0.15) is 40.9 Å². The lowest BCUT2D eigenvalue weighted by Gasteiger charge is -2.08. The molecule has 16 heavy (non-hydrogen) atoms. The fourth-order valence-corrected chi connectivity index (χ4v) is 2.25. The Hall–Kier alpha value is -1.64. The first-order valence-corrected chi connectivity index (χ1v) is 5.61. The molecule has 1 aliphatic carbocycles. The fourth-order valence-electron chi connectivity index (χ4n) is 2.25. The molecule has 0 spiro atoms. The number of benzene rings is 1. The van der Waals surface area contributed by atoms with E-state index in [-0.39, 0.29) is 11.5 Å². The Morgan fingerprint density at radius 1 is 1.25 bits per heavy atom. The van der Waals surface area contributed by atoms with Gasteiger partial charge in [0, 0.05) is 12.0 Å². The van der Waals surface area contributed by atoms with Crippen LogP contribution in [0, 0.1) is 0 Å². The third-order valence-electron chi connectivity index (χ3n) is 3.17. The molecule has 84 valence electrons. The molecule has 0 atom stereocenters. The third kappa shape index (κ3) is 1.52. The van der Waals surface area contributed by atoms with Gasteiger partial charge in [0.05, 0.1) is 0 Å². The number of ketones is 1. The smallest absolute Gasteiger partial charge is 0.211 e. The van der Waals surface area contributed by atoms with Crippen molar-refractivity contribution in [3.63, 3.8) is 0 Å². The topological polar surface area (TPSA) is 49.7 Å². The lowest BCUT2D eigenvalue weighted by atomic mass is 9.97. The summed E-state index contributed by atoms with van der Waals surface area (Å²) in [5, 5.41) is 11.8. The van der Waals surface area contributed by atoms with E-state index in [4.69, 9.17) is 5.21 Å². The average Bonchev–Trinajstić information content (AvgIpc) is 2.63. The van der Waals surface area contributed by atoms with Gasteiger partial charge in [-0.1, -0.05) is 25.1 Å². The lowest BCUT2D eigenvalue weighted by molar-refractivity contribution is 0.106. The van der Waals surface area contributed by atoms with E-state index < -0.39 is 0 Å². The molecular formula is C13H15NO2. The third-order valence-corrected chi connectivity index (χ3v) is 3.17. The van der Waals surface area contributed by atoms with Crippen molar-refractivity contribution in [3.05, 3.63) is 34.4 Å². The summed E-state index contributed by atoms with van der Waals surface area (Å²) < 4.78 is 0. The standard InChI is InChI=1S/C13H15NO2/c1-3-8-5-10-7-12(14-16)13(15)11(10)6-9(8)4-2/h5-6,16H,3-4,7H2,1-2H3/b14-12+. The number of fused-ring (bicyclic) bond motifs is 1. The second-order valence-electron chi connectivity index (χ2n) is 4.04. The van der Waals surface area contributed by atoms with Gasteiger partial charge in [-0.15, -0.1) is 0 Å². The second kappa shape index (κ2) is 4.08. The van der Waals surface area contributed by atoms with Gasteiger partial charge in [0.25, 0.3) is 0 Å². The number of rotatable bonds is 2. The van der Waals surface area contributed by atoms with Crippen LogP contribution in [0.15, 0.2) is 17.3 Å². The Kier molecular flexibility index (Phi) is 2.77. The highest BCUT2D eigenvalue weighted by Crippen LogP contribution is 2.25. The van der Waals surface area contributed by atoms with Crippen LogP contribution in [0.25, 0.3) is 0 Å². The molecule has 2 rings (SSSR count). The Morgan fingerprint density at radius 3 is 2.44 bits per heavy atom. The maximum absolute atomic E-state index is 11.8. The van der Waals surface area contributed by atoms with Crippen molar-refractivity contribution in [2.45, 2.75) is 33.1 Å². The zero-order chi connectivity index (χ0) is 11.7. The summed E-state index contributed by atoms with van der Waals surface area (Å²) in [6.07, 6.45) is 2.35. The van der Waals surface area contributed by atoms with Crippen LogP contribution in [0.3, 0.4) is 0 Å². The number of aryl methyl sites for hydroxylation is 2. The minimum absolute atomic E-state index is 0.130. The number of carbonyl (C=O) groups is 1. The summed E-state index contributed by atoms with van der Waals surface area (Å²) in [6.45, 7) is 4.19. The highest BCUT2D eigenvalue weighted by Gasteiger charge is 2.27. The molecule has 0 unspecified atom stereocenters. The molecule has 0 fully saturated rings. The van der Waals surface area contributed by atoms with E-state index in [1.807, 2.05) is 6.07 Å². The van der Waals surface area contributed by atoms with Crippen molar-refractivity contribution in [2.24, 2.45) is 5.16 Å². The van der Waals surface area contributed by atoms with Crippen molar-refractivity contribution in [1.82, 2.24) is 0 Å². The number of hydrogen-bond donors (Lipinski definition) is 1. The highest BCUT2D eigenvalue weighted by molar-refractivity contribution is 6.49. The quantitative estimate of drug-likeness (QED) is 0.610. The van der Waals surface area contributed by atoms with E-state index in [0.29, 0.717) is 12.0 Å². The van der Waals surface area contributed by atoms with Crippen LogP contribution >= 0.6 is 0 Å². The Balaban J connectivity index is 2.55. The molecule has 0 amide bonds. The van der Waals surface area contributed by atoms with Crippen LogP contribution in [-0.4, -0.2) is 16.7 Å². The monoisotopic (exact) mass is 217 g/mol. The molecule has 0 saturated heterocycles. The normalized spacial score (nSPS) is 16.9. The number of oxime groups is 1. The van der Waals surface area contributed by atoms with Crippen LogP contribution in [0.2, 0.25) is 0 Å². The number of nitrogens with zero attached hydrogens (tertiary/aromatic N) is 1. The lowest BCUT2D eigenvalue weighted by Crippen LogP contribution is -2.07. The van der Waals surface area contributed by atoms with Crippen molar-refractivity contribution >= 4 is 11.5 Å². The van der Waals surface area contributed by atoms with E-state index in [2.05, 4.69) is 25.1 Å². The zero-order valence-corrected chi connectivity index (χ0v) is 9.58. The van der Waals surface area contributed by atoms with Gasteiger partial charge in [-0.3, -0.25) is 4.79 Å². The molecule has 0 heterocycles. The minimum Gasteiger partial charge on any atom is -0.411 e. The van der Waals surface area contributed by atoms with Crippen molar-refractivity contribution < 1.29 is 10.0 Å². The minimum atomic E-state index is -0.130. The van der Waals surface area contributed by atoms with Crippen LogP contribution in [0.5, 0.6) is 0 Å². The Bertz CT molecular complexity index is 475. The van der Waals surface area contributed by atoms with E-state index in [1.165, 1.54) is 11.1 Å². The van der Waals surface area contributed by atoms with Gasteiger partial charge >= 0.3 is 0 Å². The molecule has 1 N–H and O–H groups in total. The average molecular weight is 217 g/mol. The van der Waals surface area contributed by atoms with Gasteiger partial charge in [-0.25, -0.2) is 0 Å². The summed E-state index contributed by atoms with van der Waals surface area (Å²) in [4.78, 5) is 11.8. The first kappa shape index (κ1) is 10.9. The summed E-state index contributed by atoms with van der Waals surface area (Å²) >= 11 is 0. The summed E-state index contributed by atoms with van der Waals surface area (Å²) in [7, 11) is 0. The molecule has 1 aliphatic rings. The molecule has 0 saturated carbocycles. The maximum atomic E-state index is 11.8. The predicted molar refractivity (Wildman–Crippen MR) is 62.5 cm³/mol. The molecule has 3 nitrogen and oxygen atoms in total. The Morgan fingerprint density at radius 2 is 1.88 bits per heavy atom. The van der Waals surface area contributed by atoms with E-state index in [1.54, 1.807) is 0 Å². The number of hydrogen-bond acceptors (Lipinski definition) is 3. The van der Waals surface area contributed by atoms with E-state index in [9.17, 15) is 4.79 Å². The molecule has 0 aromatic heterocycles. The van der Waals surface area contributed by atoms with Crippen LogP contribution < -0.4 is 0 Å². The van der Waals surface area contributed by atoms with Crippen molar-refractivity contribution in [3.8, 4) is 0 Å². The van der Waals surface area contributed by atoms with Crippen LogP contribution in [-0.2, 0) is 19.3 Å². The fraction of sp³-hybridized carbons (Fsp3) is 0.385. The van der Waals surface area contributed by atoms with E-state index in [0.717, 1.165) is 18.4 Å². The maximum Gasteiger partial charge on any atom is 0.211 e. The van der Waals surface area contributed by atoms with Gasteiger partial charge in [0.1, 0.15) is 5.71 Å². The first-order valence-electron chi connectivity index (χ1n) is 5.61. The van der Waals surface area contributed by atoms with Crippen molar-refractivity contribution in [2.75, 3.05) is 0 Å². The molecule has 1 aromatic rings. The summed E-state index contributed by atoms with van der Waals surface area (Å²) in [6, 6.07) is 4.03. The van der Waals surface area contributed by atoms with Gasteiger partial charge in [0.2, 0.25) is 5.78 Å². The van der Waals surface area contributed by atoms with Gasteiger partial charge in [-0.05, 0) is 35.6 Å². The zero-order valence-electron chi connectivity index (χ0n) is 9.58. The summed E-state index contributed by atoms with van der Waals surface area (Å²) in [5.74, 6) is -0.130. The Labute approximate surface area is 94.8 Å². The molecule has 1 aromatic carbocycles. The molecule has 0 aliphatic heterocycles. The van der Waals surface area contributed by atoms with Gasteiger partial charge < -0.3 is 5.21 Å². The van der Waals surface area contributed by atoms with Gasteiger partial charge in [-0.2, -0.15) is 0 Å². The number of carbonyl (C=O) groups excluding carboxylic acids is 1. The highest BCUT2D eigenvalue weighted by atomic mass is 16.4. The molecule has 3 heteroatoms. The van der Waals surface area contributed by atoms with Crippen molar-refractivity contribution in [1.29, 1.82) is 0 Å².